The van der Waals surface area contributed by atoms with Crippen molar-refractivity contribution in [3.63, 3.8) is 0 Å². The molecule has 0 atom stereocenters. The van der Waals surface area contributed by atoms with Gasteiger partial charge < -0.3 is 19.8 Å². The molecule has 6 nitrogen and oxygen atoms in total. The molecule has 0 aliphatic carbocycles. The maximum Gasteiger partial charge on any atom is 0.299 e. The second-order valence-electron chi connectivity index (χ2n) is 6.61. The fourth-order valence-electron chi connectivity index (χ4n) is 3.19. The van der Waals surface area contributed by atoms with E-state index in [0.29, 0.717) is 11.8 Å². The molecule has 0 spiro atoms. The first-order valence-electron chi connectivity index (χ1n) is 9.19. The van der Waals surface area contributed by atoms with Gasteiger partial charge in [0, 0.05) is 44.0 Å². The Morgan fingerprint density at radius 1 is 1.15 bits per heavy atom. The number of methoxy groups -OCH3 is 1. The van der Waals surface area contributed by atoms with Crippen LogP contribution in [0.4, 0.5) is 11.7 Å². The Bertz CT molecular complexity index is 870. The summed E-state index contributed by atoms with van der Waals surface area (Å²) in [6, 6.07) is 16.6. The first-order chi connectivity index (χ1) is 13.3. The third kappa shape index (κ3) is 4.48. The number of nitrogens with zero attached hydrogens (tertiary/aromatic N) is 2. The molecule has 0 amide bonds. The molecule has 2 N–H and O–H groups in total. The van der Waals surface area contributed by atoms with Gasteiger partial charge in [-0.3, -0.25) is 4.90 Å². The molecule has 1 aliphatic heterocycles. The minimum atomic E-state index is 0.475. The lowest BCUT2D eigenvalue weighted by atomic mass is 10.2. The molecule has 27 heavy (non-hydrogen) atoms. The van der Waals surface area contributed by atoms with Gasteiger partial charge in [0.05, 0.1) is 13.3 Å². The number of benzene rings is 2. The number of nitrogens with one attached hydrogen (secondary N) is 2. The topological polar surface area (TPSA) is 62.6 Å². The highest BCUT2D eigenvalue weighted by Gasteiger charge is 2.10. The van der Waals surface area contributed by atoms with Gasteiger partial charge in [-0.1, -0.05) is 24.3 Å². The maximum atomic E-state index is 5.83. The van der Waals surface area contributed by atoms with Crippen molar-refractivity contribution in [1.82, 2.24) is 15.2 Å². The van der Waals surface area contributed by atoms with Crippen molar-refractivity contribution in [1.29, 1.82) is 0 Å². The zero-order chi connectivity index (χ0) is 18.5. The molecular formula is C21H24N4O2. The van der Waals surface area contributed by atoms with Gasteiger partial charge in [0.2, 0.25) is 0 Å². The second kappa shape index (κ2) is 8.24. The highest BCUT2D eigenvalue weighted by atomic mass is 16.5. The van der Waals surface area contributed by atoms with Gasteiger partial charge in [0.25, 0.3) is 6.01 Å². The molecule has 6 heteroatoms. The monoisotopic (exact) mass is 364 g/mol. The molecule has 140 valence electrons. The summed E-state index contributed by atoms with van der Waals surface area (Å²) in [6.45, 7) is 5.33. The second-order valence-corrected chi connectivity index (χ2v) is 6.61. The van der Waals surface area contributed by atoms with Crippen molar-refractivity contribution in [3.05, 3.63) is 60.3 Å². The summed E-state index contributed by atoms with van der Waals surface area (Å²) in [5.74, 6) is 1.49. The van der Waals surface area contributed by atoms with E-state index in [1.54, 1.807) is 13.3 Å². The quantitative estimate of drug-likeness (QED) is 0.698. The third-order valence-corrected chi connectivity index (χ3v) is 4.68. The van der Waals surface area contributed by atoms with Gasteiger partial charge in [-0.15, -0.1) is 0 Å². The lowest BCUT2D eigenvalue weighted by Gasteiger charge is -2.27. The third-order valence-electron chi connectivity index (χ3n) is 4.68. The molecule has 0 bridgehead atoms. The number of hydrogen-bond acceptors (Lipinski definition) is 6. The summed E-state index contributed by atoms with van der Waals surface area (Å²) in [7, 11) is 1.65. The predicted octanol–water partition coefficient (Wildman–Crippen LogP) is 3.50. The minimum absolute atomic E-state index is 0.475. The van der Waals surface area contributed by atoms with Crippen molar-refractivity contribution in [2.75, 3.05) is 38.6 Å². The number of rotatable bonds is 6. The highest BCUT2D eigenvalue weighted by molar-refractivity contribution is 5.61. The van der Waals surface area contributed by atoms with Crippen LogP contribution in [0.5, 0.6) is 5.75 Å². The van der Waals surface area contributed by atoms with Crippen molar-refractivity contribution in [2.45, 2.75) is 6.54 Å². The molecule has 4 rings (SSSR count). The number of anilines is 2. The van der Waals surface area contributed by atoms with E-state index in [2.05, 4.69) is 44.8 Å². The lowest BCUT2D eigenvalue weighted by Crippen LogP contribution is -2.42. The molecule has 1 aromatic heterocycles. The zero-order valence-corrected chi connectivity index (χ0v) is 15.4. The van der Waals surface area contributed by atoms with Crippen molar-refractivity contribution in [3.8, 4) is 17.1 Å². The molecule has 2 aromatic carbocycles. The Balaban J connectivity index is 1.39. The highest BCUT2D eigenvalue weighted by Crippen LogP contribution is 2.27. The number of ether oxygens (including phenoxy) is 1. The summed E-state index contributed by atoms with van der Waals surface area (Å²) < 4.78 is 11.1. The predicted molar refractivity (Wildman–Crippen MR) is 106 cm³/mol. The largest absolute Gasteiger partial charge is 0.497 e. The Kier molecular flexibility index (Phi) is 5.37. The Labute approximate surface area is 159 Å². The van der Waals surface area contributed by atoms with E-state index in [1.165, 1.54) is 5.56 Å². The fraction of sp³-hybridized carbons (Fsp3) is 0.286. The van der Waals surface area contributed by atoms with Gasteiger partial charge in [-0.2, -0.15) is 0 Å². The van der Waals surface area contributed by atoms with E-state index >= 15 is 0 Å². The van der Waals surface area contributed by atoms with Crippen LogP contribution < -0.4 is 15.4 Å². The smallest absolute Gasteiger partial charge is 0.299 e. The Morgan fingerprint density at radius 2 is 1.96 bits per heavy atom. The first-order valence-corrected chi connectivity index (χ1v) is 9.19. The van der Waals surface area contributed by atoms with Crippen LogP contribution in [0.15, 0.2) is 59.1 Å². The summed E-state index contributed by atoms with van der Waals surface area (Å²) in [5.41, 5.74) is 3.20. The van der Waals surface area contributed by atoms with E-state index in [0.717, 1.165) is 49.7 Å². The van der Waals surface area contributed by atoms with Crippen molar-refractivity contribution in [2.24, 2.45) is 0 Å². The number of piperazine rings is 1. The Hall–Kier alpha value is -2.83. The molecule has 0 unspecified atom stereocenters. The minimum Gasteiger partial charge on any atom is -0.497 e. The summed E-state index contributed by atoms with van der Waals surface area (Å²) in [6.07, 6.45) is 1.72. The van der Waals surface area contributed by atoms with Crippen LogP contribution in [0.25, 0.3) is 11.3 Å². The number of hydrogen-bond donors (Lipinski definition) is 2. The average Bonchev–Trinajstić information content (AvgIpc) is 3.19. The van der Waals surface area contributed by atoms with Crippen LogP contribution in [0, 0.1) is 0 Å². The van der Waals surface area contributed by atoms with E-state index in [4.69, 9.17) is 9.15 Å². The van der Waals surface area contributed by atoms with Crippen LogP contribution in [-0.4, -0.2) is 43.2 Å². The Morgan fingerprint density at radius 3 is 2.74 bits per heavy atom. The first kappa shape index (κ1) is 17.6. The molecule has 1 saturated heterocycles. The molecule has 1 fully saturated rings. The van der Waals surface area contributed by atoms with E-state index in [9.17, 15) is 0 Å². The van der Waals surface area contributed by atoms with Gasteiger partial charge in [-0.05, 0) is 29.8 Å². The van der Waals surface area contributed by atoms with Gasteiger partial charge in [0.1, 0.15) is 5.75 Å². The average molecular weight is 364 g/mol. The van der Waals surface area contributed by atoms with Crippen LogP contribution in [-0.2, 0) is 6.54 Å². The van der Waals surface area contributed by atoms with Gasteiger partial charge >= 0.3 is 0 Å². The lowest BCUT2D eigenvalue weighted by molar-refractivity contribution is 0.233. The fourth-order valence-corrected chi connectivity index (χ4v) is 3.19. The zero-order valence-electron chi connectivity index (χ0n) is 15.4. The normalized spacial score (nSPS) is 14.9. The molecule has 1 aliphatic rings. The number of aromatic nitrogens is 1. The summed E-state index contributed by atoms with van der Waals surface area (Å²) >= 11 is 0. The van der Waals surface area contributed by atoms with E-state index in [-0.39, 0.29) is 0 Å². The number of oxazole rings is 1. The van der Waals surface area contributed by atoms with Crippen LogP contribution in [0.2, 0.25) is 0 Å². The molecular weight excluding hydrogens is 340 g/mol. The maximum absolute atomic E-state index is 5.83. The van der Waals surface area contributed by atoms with Crippen molar-refractivity contribution < 1.29 is 9.15 Å². The molecule has 2 heterocycles. The van der Waals surface area contributed by atoms with E-state index in [1.807, 2.05) is 24.3 Å². The van der Waals surface area contributed by atoms with Gasteiger partial charge in [0.15, 0.2) is 5.76 Å². The van der Waals surface area contributed by atoms with E-state index < -0.39 is 0 Å². The van der Waals surface area contributed by atoms with Crippen LogP contribution in [0.3, 0.4) is 0 Å². The standard InChI is InChI=1S/C21H24N4O2/c1-26-19-4-2-3-17(13-19)20-14-23-21(27-20)24-18-7-5-16(6-8-18)15-25-11-9-22-10-12-25/h2-8,13-14,22H,9-12,15H2,1H3,(H,23,24). The molecule has 3 aromatic rings. The van der Waals surface area contributed by atoms with Crippen molar-refractivity contribution >= 4 is 11.7 Å². The van der Waals surface area contributed by atoms with Crippen LogP contribution >= 0.6 is 0 Å². The van der Waals surface area contributed by atoms with Crippen LogP contribution in [0.1, 0.15) is 5.56 Å². The molecule has 0 radical (unpaired) electrons. The van der Waals surface area contributed by atoms with Gasteiger partial charge in [-0.25, -0.2) is 4.98 Å². The summed E-state index contributed by atoms with van der Waals surface area (Å²) in [5, 5.41) is 6.60. The SMILES string of the molecule is COc1cccc(-c2cnc(Nc3ccc(CN4CCNCC4)cc3)o2)c1. The summed E-state index contributed by atoms with van der Waals surface area (Å²) in [4.78, 5) is 6.79. The molecule has 0 saturated carbocycles.